The Morgan fingerprint density at radius 2 is 1.90 bits per heavy atom. The van der Waals surface area contributed by atoms with Gasteiger partial charge in [-0.1, -0.05) is 53.7 Å². The minimum atomic E-state index is -3.55. The molecule has 0 unspecified atom stereocenters. The van der Waals surface area contributed by atoms with E-state index >= 15 is 0 Å². The van der Waals surface area contributed by atoms with E-state index in [0.29, 0.717) is 16.2 Å². The van der Waals surface area contributed by atoms with Gasteiger partial charge in [-0.3, -0.25) is 9.59 Å². The molecule has 2 N–H and O–H groups in total. The van der Waals surface area contributed by atoms with Gasteiger partial charge in [-0.15, -0.1) is 11.3 Å². The van der Waals surface area contributed by atoms with Crippen molar-refractivity contribution in [2.45, 2.75) is 11.3 Å². The summed E-state index contributed by atoms with van der Waals surface area (Å²) in [6, 6.07) is 6.67. The third kappa shape index (κ3) is 6.61. The van der Waals surface area contributed by atoms with E-state index in [4.69, 9.17) is 28.3 Å². The fraction of sp³-hybridized carbons (Fsp3) is 0.111. The Balaban J connectivity index is 2.13. The van der Waals surface area contributed by atoms with E-state index in [9.17, 15) is 18.0 Å². The molecule has 0 aliphatic heterocycles. The van der Waals surface area contributed by atoms with Gasteiger partial charge >= 0.3 is 5.97 Å². The normalized spacial score (nSPS) is 11.9. The van der Waals surface area contributed by atoms with Crippen molar-refractivity contribution in [1.29, 1.82) is 0 Å². The Morgan fingerprint density at radius 3 is 2.41 bits per heavy atom. The Labute approximate surface area is 186 Å². The molecule has 0 spiro atoms. The lowest BCUT2D eigenvalue weighted by atomic mass is 10.1. The summed E-state index contributed by atoms with van der Waals surface area (Å²) in [6.07, 6.45) is 0.771. The van der Waals surface area contributed by atoms with Crippen LogP contribution >= 0.6 is 46.3 Å². The van der Waals surface area contributed by atoms with Crippen LogP contribution in [0.2, 0.25) is 10.0 Å². The van der Waals surface area contributed by atoms with E-state index in [0.717, 1.165) is 29.4 Å². The highest BCUT2D eigenvalue weighted by Gasteiger charge is 2.22. The lowest BCUT2D eigenvalue weighted by molar-refractivity contribution is -0.135. The number of carboxylic acid groups (broad SMARTS) is 1. The zero-order valence-corrected chi connectivity index (χ0v) is 18.9. The molecule has 0 aliphatic carbocycles. The first-order valence-corrected chi connectivity index (χ1v) is 12.2. The number of carbonyl (C=O) groups is 2. The first kappa shape index (κ1) is 23.5. The number of hydrogen-bond acceptors (Lipinski definition) is 6. The maximum atomic E-state index is 12.4. The molecule has 1 amide bonds. The second-order valence-corrected chi connectivity index (χ2v) is 10.4. The molecule has 0 bridgehead atoms. The van der Waals surface area contributed by atoms with Crippen LogP contribution in [0.4, 0.5) is 0 Å². The van der Waals surface area contributed by atoms with Crippen LogP contribution in [-0.2, 0) is 14.6 Å². The van der Waals surface area contributed by atoms with E-state index in [1.807, 2.05) is 0 Å². The lowest BCUT2D eigenvalue weighted by Crippen LogP contribution is -2.19. The van der Waals surface area contributed by atoms with Crippen LogP contribution in [0.3, 0.4) is 0 Å². The molecule has 0 fully saturated rings. The van der Waals surface area contributed by atoms with Gasteiger partial charge in [-0.25, -0.2) is 8.42 Å². The molecule has 29 heavy (non-hydrogen) atoms. The number of carboxylic acids is 1. The number of thioether (sulfide) groups is 1. The number of hydrogen-bond donors (Lipinski definition) is 2. The molecule has 6 nitrogen and oxygen atoms in total. The lowest BCUT2D eigenvalue weighted by Gasteiger charge is -2.08. The van der Waals surface area contributed by atoms with Crippen LogP contribution in [0.25, 0.3) is 5.57 Å². The summed E-state index contributed by atoms with van der Waals surface area (Å²) in [5, 5.41) is 15.1. The minimum absolute atomic E-state index is 0.0429. The Hall–Kier alpha value is -1.78. The number of halogens is 2. The highest BCUT2D eigenvalue weighted by Crippen LogP contribution is 2.32. The number of aliphatic carboxylic acids is 1. The molecule has 2 aromatic rings. The second-order valence-electron chi connectivity index (χ2n) is 5.73. The zero-order valence-electron chi connectivity index (χ0n) is 14.9. The van der Waals surface area contributed by atoms with Crippen molar-refractivity contribution in [2.75, 3.05) is 6.26 Å². The van der Waals surface area contributed by atoms with Gasteiger partial charge in [0.15, 0.2) is 9.84 Å². The van der Waals surface area contributed by atoms with Crippen molar-refractivity contribution in [1.82, 2.24) is 5.32 Å². The van der Waals surface area contributed by atoms with Gasteiger partial charge in [-0.05, 0) is 28.7 Å². The standard InChI is InChI=1S/C18H15Cl2NO5S3/c1-10(21-18(24)17-16(20)14(9-28-17)29(2,25)26)27-8-12(7-15(22)23)11-3-5-13(19)6-4-11/h3-6,8-9H,1,7H2,2H3,(H,21,24)(H,22,23). The minimum Gasteiger partial charge on any atom is -0.481 e. The van der Waals surface area contributed by atoms with Crippen molar-refractivity contribution in [3.05, 3.63) is 67.1 Å². The predicted molar refractivity (Wildman–Crippen MR) is 118 cm³/mol. The van der Waals surface area contributed by atoms with Gasteiger partial charge < -0.3 is 10.4 Å². The third-order valence-corrected chi connectivity index (χ3v) is 7.36. The van der Waals surface area contributed by atoms with Gasteiger partial charge in [0.25, 0.3) is 5.91 Å². The van der Waals surface area contributed by atoms with Crippen LogP contribution in [0.5, 0.6) is 0 Å². The monoisotopic (exact) mass is 491 g/mol. The average Bonchev–Trinajstić information content (AvgIpc) is 3.01. The third-order valence-electron chi connectivity index (χ3n) is 3.46. The highest BCUT2D eigenvalue weighted by molar-refractivity contribution is 8.05. The maximum Gasteiger partial charge on any atom is 0.307 e. The molecule has 11 heteroatoms. The second kappa shape index (κ2) is 9.82. The van der Waals surface area contributed by atoms with Crippen molar-refractivity contribution in [3.8, 4) is 0 Å². The topological polar surface area (TPSA) is 101 Å². The van der Waals surface area contributed by atoms with E-state index in [1.54, 1.807) is 29.7 Å². The molecule has 0 atom stereocenters. The van der Waals surface area contributed by atoms with Crippen LogP contribution in [-0.4, -0.2) is 31.7 Å². The van der Waals surface area contributed by atoms with E-state index in [2.05, 4.69) is 11.9 Å². The average molecular weight is 492 g/mol. The molecule has 0 saturated carbocycles. The van der Waals surface area contributed by atoms with Crippen molar-refractivity contribution in [2.24, 2.45) is 0 Å². The molecule has 0 saturated heterocycles. The van der Waals surface area contributed by atoms with E-state index < -0.39 is 21.7 Å². The molecular formula is C18H15Cl2NO5S3. The fourth-order valence-corrected chi connectivity index (χ4v) is 5.72. The zero-order chi connectivity index (χ0) is 21.8. The van der Waals surface area contributed by atoms with E-state index in [1.165, 1.54) is 5.38 Å². The van der Waals surface area contributed by atoms with Gasteiger partial charge in [-0.2, -0.15) is 0 Å². The van der Waals surface area contributed by atoms with Gasteiger partial charge in [0.1, 0.15) is 4.88 Å². The van der Waals surface area contributed by atoms with Gasteiger partial charge in [0.05, 0.1) is 21.4 Å². The highest BCUT2D eigenvalue weighted by atomic mass is 35.5. The molecule has 1 heterocycles. The number of sulfone groups is 1. The molecule has 154 valence electrons. The maximum absolute atomic E-state index is 12.4. The largest absolute Gasteiger partial charge is 0.481 e. The summed E-state index contributed by atoms with van der Waals surface area (Å²) in [5.41, 5.74) is 1.17. The molecule has 0 radical (unpaired) electrons. The summed E-state index contributed by atoms with van der Waals surface area (Å²) in [7, 11) is -3.55. The fourth-order valence-electron chi connectivity index (χ4n) is 2.12. The van der Waals surface area contributed by atoms with E-state index in [-0.39, 0.29) is 26.2 Å². The summed E-state index contributed by atoms with van der Waals surface area (Å²) < 4.78 is 23.3. The predicted octanol–water partition coefficient (Wildman–Crippen LogP) is 4.91. The number of benzene rings is 1. The summed E-state index contributed by atoms with van der Waals surface area (Å²) in [6.45, 7) is 3.73. The summed E-state index contributed by atoms with van der Waals surface area (Å²) in [5.74, 6) is -1.62. The van der Waals surface area contributed by atoms with Crippen molar-refractivity contribution < 1.29 is 23.1 Å². The molecule has 2 rings (SSSR count). The van der Waals surface area contributed by atoms with Crippen LogP contribution in [0.15, 0.2) is 51.6 Å². The molecule has 0 aliphatic rings. The number of thiophene rings is 1. The van der Waals surface area contributed by atoms with Crippen molar-refractivity contribution in [3.63, 3.8) is 0 Å². The quantitative estimate of drug-likeness (QED) is 0.543. The molecule has 1 aromatic carbocycles. The SMILES string of the molecule is C=C(NC(=O)c1scc(S(C)(=O)=O)c1Cl)SC=C(CC(=O)O)c1ccc(Cl)cc1. The van der Waals surface area contributed by atoms with Gasteiger partial charge in [0.2, 0.25) is 0 Å². The Bertz CT molecular complexity index is 1090. The van der Waals surface area contributed by atoms with Crippen LogP contribution in [0.1, 0.15) is 21.7 Å². The smallest absolute Gasteiger partial charge is 0.307 e. The van der Waals surface area contributed by atoms with Crippen LogP contribution < -0.4 is 5.32 Å². The summed E-state index contributed by atoms with van der Waals surface area (Å²) >= 11 is 13.8. The number of rotatable bonds is 8. The Morgan fingerprint density at radius 1 is 1.28 bits per heavy atom. The number of carbonyl (C=O) groups excluding carboxylic acids is 1. The number of nitrogens with one attached hydrogen (secondary N) is 1. The summed E-state index contributed by atoms with van der Waals surface area (Å²) in [4.78, 5) is 23.4. The first-order chi connectivity index (χ1) is 13.5. The molecular weight excluding hydrogens is 477 g/mol. The van der Waals surface area contributed by atoms with Gasteiger partial charge in [0, 0.05) is 16.7 Å². The first-order valence-electron chi connectivity index (χ1n) is 7.79. The number of amides is 1. The Kier molecular flexibility index (Phi) is 7.95. The van der Waals surface area contributed by atoms with Crippen molar-refractivity contribution >= 4 is 73.6 Å². The van der Waals surface area contributed by atoms with Crippen LogP contribution in [0, 0.1) is 0 Å². The molecule has 1 aromatic heterocycles.